The van der Waals surface area contributed by atoms with Crippen LogP contribution in [0, 0.1) is 22.7 Å². The molecule has 1 heterocycles. The summed E-state index contributed by atoms with van der Waals surface area (Å²) in [5.74, 6) is 2.10. The molecule has 1 aliphatic heterocycles. The smallest absolute Gasteiger partial charge is 0.115 e. The van der Waals surface area contributed by atoms with Gasteiger partial charge in [0.1, 0.15) is 5.76 Å². The van der Waals surface area contributed by atoms with Crippen LogP contribution in [0.3, 0.4) is 0 Å². The summed E-state index contributed by atoms with van der Waals surface area (Å²) in [6, 6.07) is 0. The lowest BCUT2D eigenvalue weighted by molar-refractivity contribution is 0.300. The molecule has 2 aliphatic carbocycles. The van der Waals surface area contributed by atoms with Crippen LogP contribution in [0.15, 0.2) is 41.3 Å². The molecule has 0 aromatic carbocycles. The molecule has 3 unspecified atom stereocenters. The predicted octanol–water partition coefficient (Wildman–Crippen LogP) is 3.33. The van der Waals surface area contributed by atoms with E-state index in [2.05, 4.69) is 50.1 Å². The third-order valence-corrected chi connectivity index (χ3v) is 4.10. The van der Waals surface area contributed by atoms with Gasteiger partial charge in [-0.15, -0.1) is 0 Å². The molecule has 3 aliphatic rings. The lowest BCUT2D eigenvalue weighted by atomic mass is 9.83. The minimum atomic E-state index is 0.148. The third kappa shape index (κ3) is 1.36. The summed E-state index contributed by atoms with van der Waals surface area (Å²) in [6.07, 6.45) is 10.8. The van der Waals surface area contributed by atoms with Crippen LogP contribution in [0.5, 0.6) is 0 Å². The van der Waals surface area contributed by atoms with Crippen LogP contribution in [0.2, 0.25) is 0 Å². The fourth-order valence-corrected chi connectivity index (χ4v) is 3.20. The van der Waals surface area contributed by atoms with Crippen molar-refractivity contribution < 1.29 is 4.74 Å². The van der Waals surface area contributed by atoms with Gasteiger partial charge in [0.25, 0.3) is 0 Å². The van der Waals surface area contributed by atoms with E-state index in [4.69, 9.17) is 4.74 Å². The van der Waals surface area contributed by atoms with Gasteiger partial charge >= 0.3 is 0 Å². The topological polar surface area (TPSA) is 21.6 Å². The second kappa shape index (κ2) is 3.12. The first kappa shape index (κ1) is 10.8. The van der Waals surface area contributed by atoms with E-state index < -0.39 is 0 Å². The number of methoxy groups -OCH3 is 1. The summed E-state index contributed by atoms with van der Waals surface area (Å²) in [5.41, 5.74) is 1.63. The number of fused-ring (bicyclic) bond motifs is 1. The SMILES string of the molecule is COC1=CC23C=CN=C(C(C)(C)C)C2C3C=C1. The van der Waals surface area contributed by atoms with Crippen molar-refractivity contribution in [3.63, 3.8) is 0 Å². The second-order valence-corrected chi connectivity index (χ2v) is 6.19. The van der Waals surface area contributed by atoms with Crippen molar-refractivity contribution in [3.8, 4) is 0 Å². The molecule has 0 N–H and O–H groups in total. The molecule has 0 radical (unpaired) electrons. The molecule has 0 aromatic rings. The quantitative estimate of drug-likeness (QED) is 0.676. The van der Waals surface area contributed by atoms with Gasteiger partial charge in [0.05, 0.1) is 7.11 Å². The second-order valence-electron chi connectivity index (χ2n) is 6.19. The fourth-order valence-electron chi connectivity index (χ4n) is 3.20. The number of nitrogens with zero attached hydrogens (tertiary/aromatic N) is 1. The summed E-state index contributed by atoms with van der Waals surface area (Å²) in [4.78, 5) is 4.63. The van der Waals surface area contributed by atoms with Crippen molar-refractivity contribution in [3.05, 3.63) is 36.3 Å². The van der Waals surface area contributed by atoms with Gasteiger partial charge in [0.15, 0.2) is 0 Å². The van der Waals surface area contributed by atoms with Crippen molar-refractivity contribution in [2.24, 2.45) is 27.7 Å². The number of hydrogen-bond donors (Lipinski definition) is 0. The van der Waals surface area contributed by atoms with Crippen LogP contribution in [-0.4, -0.2) is 12.8 Å². The highest BCUT2D eigenvalue weighted by Crippen LogP contribution is 2.67. The van der Waals surface area contributed by atoms with E-state index in [-0.39, 0.29) is 10.8 Å². The molecule has 17 heavy (non-hydrogen) atoms. The van der Waals surface area contributed by atoms with Gasteiger partial charge < -0.3 is 4.74 Å². The molecule has 1 fully saturated rings. The number of aliphatic imine (C=N–C) groups is 1. The molecule has 1 saturated carbocycles. The maximum atomic E-state index is 5.35. The normalized spacial score (nSPS) is 37.9. The number of hydrogen-bond acceptors (Lipinski definition) is 2. The highest BCUT2D eigenvalue weighted by Gasteiger charge is 2.65. The maximum Gasteiger partial charge on any atom is 0.115 e. The lowest BCUT2D eigenvalue weighted by Gasteiger charge is -2.25. The van der Waals surface area contributed by atoms with E-state index in [1.807, 2.05) is 6.20 Å². The summed E-state index contributed by atoms with van der Waals surface area (Å²) in [5, 5.41) is 0. The molecular formula is C15H19NO. The minimum Gasteiger partial charge on any atom is -0.497 e. The molecule has 0 aromatic heterocycles. The largest absolute Gasteiger partial charge is 0.497 e. The first-order valence-electron chi connectivity index (χ1n) is 6.20. The molecule has 1 spiro atoms. The molecule has 0 amide bonds. The average Bonchev–Trinajstić information content (AvgIpc) is 2.94. The number of ether oxygens (including phenoxy) is 1. The Hall–Kier alpha value is -1.31. The van der Waals surface area contributed by atoms with Crippen molar-refractivity contribution >= 4 is 5.71 Å². The van der Waals surface area contributed by atoms with Crippen molar-refractivity contribution in [1.82, 2.24) is 0 Å². The molecule has 2 heteroatoms. The number of allylic oxidation sites excluding steroid dienone is 4. The Labute approximate surface area is 103 Å². The van der Waals surface area contributed by atoms with E-state index in [1.54, 1.807) is 7.11 Å². The predicted molar refractivity (Wildman–Crippen MR) is 69.7 cm³/mol. The van der Waals surface area contributed by atoms with Crippen LogP contribution in [0.1, 0.15) is 20.8 Å². The lowest BCUT2D eigenvalue weighted by Crippen LogP contribution is -2.26. The third-order valence-electron chi connectivity index (χ3n) is 4.10. The number of rotatable bonds is 1. The molecule has 90 valence electrons. The van der Waals surface area contributed by atoms with Crippen molar-refractivity contribution in [1.29, 1.82) is 0 Å². The molecule has 0 bridgehead atoms. The van der Waals surface area contributed by atoms with Crippen LogP contribution < -0.4 is 0 Å². The van der Waals surface area contributed by atoms with E-state index >= 15 is 0 Å². The highest BCUT2D eigenvalue weighted by molar-refractivity contribution is 5.97. The van der Waals surface area contributed by atoms with Crippen LogP contribution in [0.25, 0.3) is 0 Å². The Balaban J connectivity index is 2.01. The van der Waals surface area contributed by atoms with Gasteiger partial charge in [-0.3, -0.25) is 4.99 Å². The minimum absolute atomic E-state index is 0.148. The highest BCUT2D eigenvalue weighted by atomic mass is 16.5. The van der Waals surface area contributed by atoms with E-state index in [1.165, 1.54) is 5.71 Å². The summed E-state index contributed by atoms with van der Waals surface area (Å²) < 4.78 is 5.35. The standard InChI is InChI=1S/C15H19NO/c1-14(2,3)13-12-11-6-5-10(17-4)9-15(11,12)7-8-16-13/h5-9,11-12H,1-4H3. The Morgan fingerprint density at radius 1 is 1.35 bits per heavy atom. The van der Waals surface area contributed by atoms with Crippen molar-refractivity contribution in [2.45, 2.75) is 20.8 Å². The molecule has 3 rings (SSSR count). The van der Waals surface area contributed by atoms with Gasteiger partial charge in [0, 0.05) is 28.7 Å². The van der Waals surface area contributed by atoms with Crippen LogP contribution in [0.4, 0.5) is 0 Å². The summed E-state index contributed by atoms with van der Waals surface area (Å²) in [6.45, 7) is 6.73. The van der Waals surface area contributed by atoms with E-state index in [9.17, 15) is 0 Å². The summed E-state index contributed by atoms with van der Waals surface area (Å²) >= 11 is 0. The Bertz CT molecular complexity index is 476. The summed E-state index contributed by atoms with van der Waals surface area (Å²) in [7, 11) is 1.73. The van der Waals surface area contributed by atoms with Crippen molar-refractivity contribution in [2.75, 3.05) is 7.11 Å². The Morgan fingerprint density at radius 3 is 2.76 bits per heavy atom. The monoisotopic (exact) mass is 229 g/mol. The first-order valence-corrected chi connectivity index (χ1v) is 6.20. The molecule has 0 saturated heterocycles. The zero-order chi connectivity index (χ0) is 12.3. The van der Waals surface area contributed by atoms with Gasteiger partial charge in [-0.25, -0.2) is 0 Å². The fraction of sp³-hybridized carbons (Fsp3) is 0.533. The molecular weight excluding hydrogens is 210 g/mol. The van der Waals surface area contributed by atoms with Crippen LogP contribution >= 0.6 is 0 Å². The zero-order valence-corrected chi connectivity index (χ0v) is 10.9. The Kier molecular flexibility index (Phi) is 1.99. The Morgan fingerprint density at radius 2 is 2.12 bits per heavy atom. The van der Waals surface area contributed by atoms with Gasteiger partial charge in [-0.2, -0.15) is 0 Å². The zero-order valence-electron chi connectivity index (χ0n) is 10.9. The van der Waals surface area contributed by atoms with Gasteiger partial charge in [-0.05, 0) is 18.1 Å². The molecule has 2 nitrogen and oxygen atoms in total. The van der Waals surface area contributed by atoms with E-state index in [0.29, 0.717) is 11.8 Å². The van der Waals surface area contributed by atoms with Gasteiger partial charge in [0.2, 0.25) is 0 Å². The van der Waals surface area contributed by atoms with Gasteiger partial charge in [-0.1, -0.05) is 32.9 Å². The molecule has 3 atom stereocenters. The maximum absolute atomic E-state index is 5.35. The first-order chi connectivity index (χ1) is 7.99. The van der Waals surface area contributed by atoms with E-state index in [0.717, 1.165) is 5.76 Å². The van der Waals surface area contributed by atoms with Crippen LogP contribution in [-0.2, 0) is 4.74 Å². The average molecular weight is 229 g/mol.